The molecule has 0 amide bonds. The summed E-state index contributed by atoms with van der Waals surface area (Å²) in [5.41, 5.74) is 1.72. The Hall–Kier alpha value is -2.60. The summed E-state index contributed by atoms with van der Waals surface area (Å²) in [5.74, 6) is 1.90. The van der Waals surface area contributed by atoms with Crippen molar-refractivity contribution in [1.29, 1.82) is 0 Å². The van der Waals surface area contributed by atoms with Crippen molar-refractivity contribution < 1.29 is 19.2 Å². The standard InChI is InChI=1S/C21H25ClN6O4S/c1-13(29)28(14(2)30)21-25-18-17(19(26-21)27-7-9-33(31)10-8-27)23-12-24-20(18)32-11-15-3-5-16(22)6-4-15/h3-6,12-14,29-30H,7-11H2,1-2H3. The molecule has 10 nitrogen and oxygen atoms in total. The second kappa shape index (κ2) is 10.1. The van der Waals surface area contributed by atoms with Gasteiger partial charge in [-0.25, -0.2) is 9.97 Å². The van der Waals surface area contributed by atoms with Crippen molar-refractivity contribution in [2.45, 2.75) is 32.9 Å². The van der Waals surface area contributed by atoms with E-state index in [9.17, 15) is 14.4 Å². The molecule has 1 saturated heterocycles. The molecule has 0 radical (unpaired) electrons. The number of fused-ring (bicyclic) bond motifs is 1. The fraction of sp³-hybridized carbons (Fsp3) is 0.429. The summed E-state index contributed by atoms with van der Waals surface area (Å²) in [5, 5.41) is 21.1. The Kier molecular flexibility index (Phi) is 7.23. The first-order chi connectivity index (χ1) is 15.8. The van der Waals surface area contributed by atoms with Crippen molar-refractivity contribution in [1.82, 2.24) is 19.9 Å². The molecule has 0 saturated carbocycles. The molecule has 0 aliphatic carbocycles. The predicted octanol–water partition coefficient (Wildman–Crippen LogP) is 1.70. The number of hydrogen-bond donors (Lipinski definition) is 2. The smallest absolute Gasteiger partial charge is 0.244 e. The molecular formula is C21H25ClN6O4S. The molecule has 1 aliphatic heterocycles. The number of halogens is 1. The number of hydrogen-bond acceptors (Lipinski definition) is 10. The molecule has 3 heterocycles. The summed E-state index contributed by atoms with van der Waals surface area (Å²) in [6, 6.07) is 7.27. The van der Waals surface area contributed by atoms with E-state index >= 15 is 0 Å². The summed E-state index contributed by atoms with van der Waals surface area (Å²) < 4.78 is 17.8. The minimum absolute atomic E-state index is 0.111. The van der Waals surface area contributed by atoms with Gasteiger partial charge in [-0.05, 0) is 31.5 Å². The molecule has 33 heavy (non-hydrogen) atoms. The first kappa shape index (κ1) is 23.6. The van der Waals surface area contributed by atoms with Gasteiger partial charge in [0, 0.05) is 40.4 Å². The maximum atomic E-state index is 11.9. The monoisotopic (exact) mass is 492 g/mol. The van der Waals surface area contributed by atoms with Crippen LogP contribution in [0.4, 0.5) is 11.8 Å². The number of ether oxygens (including phenoxy) is 1. The van der Waals surface area contributed by atoms with Gasteiger partial charge in [0.15, 0.2) is 11.3 Å². The molecule has 1 aliphatic rings. The quantitative estimate of drug-likeness (QED) is 0.471. The van der Waals surface area contributed by atoms with Gasteiger partial charge in [-0.2, -0.15) is 9.97 Å². The molecule has 1 aromatic carbocycles. The van der Waals surface area contributed by atoms with E-state index in [1.807, 2.05) is 17.0 Å². The van der Waals surface area contributed by atoms with Crippen LogP contribution in [0.1, 0.15) is 19.4 Å². The molecule has 2 aromatic heterocycles. The lowest BCUT2D eigenvalue weighted by Crippen LogP contribution is -2.42. The van der Waals surface area contributed by atoms with Crippen LogP contribution in [0.15, 0.2) is 30.6 Å². The maximum absolute atomic E-state index is 11.9. The molecule has 2 N–H and O–H groups in total. The van der Waals surface area contributed by atoms with E-state index in [1.165, 1.54) is 25.1 Å². The molecular weight excluding hydrogens is 468 g/mol. The number of aliphatic hydroxyl groups is 2. The van der Waals surface area contributed by atoms with E-state index in [2.05, 4.69) is 19.9 Å². The van der Waals surface area contributed by atoms with E-state index in [0.29, 0.717) is 46.5 Å². The zero-order chi connectivity index (χ0) is 23.5. The highest BCUT2D eigenvalue weighted by Gasteiger charge is 2.27. The van der Waals surface area contributed by atoms with Gasteiger partial charge in [0.1, 0.15) is 30.9 Å². The number of nitrogens with zero attached hydrogens (tertiary/aromatic N) is 6. The van der Waals surface area contributed by atoms with Crippen LogP contribution in [-0.2, 0) is 17.4 Å². The molecule has 1 fully saturated rings. The van der Waals surface area contributed by atoms with Crippen molar-refractivity contribution in [3.05, 3.63) is 41.2 Å². The highest BCUT2D eigenvalue weighted by atomic mass is 35.5. The van der Waals surface area contributed by atoms with E-state index < -0.39 is 23.3 Å². The number of benzene rings is 1. The largest absolute Gasteiger partial charge is 0.471 e. The van der Waals surface area contributed by atoms with Crippen molar-refractivity contribution in [3.8, 4) is 5.88 Å². The Morgan fingerprint density at radius 1 is 1.09 bits per heavy atom. The van der Waals surface area contributed by atoms with Gasteiger partial charge in [-0.1, -0.05) is 23.7 Å². The average Bonchev–Trinajstić information content (AvgIpc) is 2.78. The summed E-state index contributed by atoms with van der Waals surface area (Å²) >= 11 is 5.96. The summed E-state index contributed by atoms with van der Waals surface area (Å²) in [4.78, 5) is 21.1. The summed E-state index contributed by atoms with van der Waals surface area (Å²) in [6.07, 6.45) is -0.714. The first-order valence-corrected chi connectivity index (χ1v) is 12.3. The highest BCUT2D eigenvalue weighted by Crippen LogP contribution is 2.31. The van der Waals surface area contributed by atoms with Gasteiger partial charge in [-0.3, -0.25) is 9.11 Å². The zero-order valence-corrected chi connectivity index (χ0v) is 19.8. The zero-order valence-electron chi connectivity index (χ0n) is 18.3. The van der Waals surface area contributed by atoms with Gasteiger partial charge in [0.2, 0.25) is 11.8 Å². The Bertz CT molecular complexity index is 1130. The Labute approximate surface area is 198 Å². The Morgan fingerprint density at radius 3 is 2.39 bits per heavy atom. The lowest BCUT2D eigenvalue weighted by Gasteiger charge is -2.31. The molecule has 3 aromatic rings. The molecule has 0 bridgehead atoms. The molecule has 2 atom stereocenters. The van der Waals surface area contributed by atoms with Crippen LogP contribution >= 0.6 is 11.6 Å². The highest BCUT2D eigenvalue weighted by molar-refractivity contribution is 7.85. The van der Waals surface area contributed by atoms with Gasteiger partial charge < -0.3 is 19.8 Å². The van der Waals surface area contributed by atoms with Gasteiger partial charge in [-0.15, -0.1) is 0 Å². The van der Waals surface area contributed by atoms with Crippen molar-refractivity contribution in [2.24, 2.45) is 0 Å². The number of rotatable bonds is 7. The third kappa shape index (κ3) is 5.32. The van der Waals surface area contributed by atoms with Crippen LogP contribution in [0.25, 0.3) is 11.0 Å². The number of aliphatic hydroxyl groups excluding tert-OH is 2. The molecule has 176 valence electrons. The van der Waals surface area contributed by atoms with E-state index in [-0.39, 0.29) is 18.4 Å². The second-order valence-corrected chi connectivity index (χ2v) is 9.78. The normalized spacial score (nSPS) is 16.6. The van der Waals surface area contributed by atoms with Crippen LogP contribution in [0.5, 0.6) is 5.88 Å². The molecule has 2 unspecified atom stereocenters. The van der Waals surface area contributed by atoms with Crippen LogP contribution < -0.4 is 14.5 Å². The lowest BCUT2D eigenvalue weighted by molar-refractivity contribution is 0.103. The van der Waals surface area contributed by atoms with Gasteiger partial charge in [0.05, 0.1) is 0 Å². The van der Waals surface area contributed by atoms with Crippen LogP contribution in [0.3, 0.4) is 0 Å². The van der Waals surface area contributed by atoms with Crippen LogP contribution in [0.2, 0.25) is 5.02 Å². The topological polar surface area (TPSA) is 125 Å². The van der Waals surface area contributed by atoms with Crippen molar-refractivity contribution in [3.63, 3.8) is 0 Å². The minimum Gasteiger partial charge on any atom is -0.471 e. The lowest BCUT2D eigenvalue weighted by atomic mass is 10.2. The first-order valence-electron chi connectivity index (χ1n) is 10.5. The third-order valence-electron chi connectivity index (χ3n) is 5.22. The molecule has 0 spiro atoms. The van der Waals surface area contributed by atoms with Crippen LogP contribution in [-0.4, -0.2) is 71.4 Å². The maximum Gasteiger partial charge on any atom is 0.244 e. The number of aromatic nitrogens is 4. The van der Waals surface area contributed by atoms with E-state index in [0.717, 1.165) is 5.56 Å². The van der Waals surface area contributed by atoms with E-state index in [1.54, 1.807) is 12.1 Å². The number of anilines is 2. The fourth-order valence-electron chi connectivity index (χ4n) is 3.57. The van der Waals surface area contributed by atoms with Crippen LogP contribution in [0, 0.1) is 0 Å². The third-order valence-corrected chi connectivity index (χ3v) is 6.75. The second-order valence-electron chi connectivity index (χ2n) is 7.64. The van der Waals surface area contributed by atoms with Crippen molar-refractivity contribution >= 4 is 45.2 Å². The summed E-state index contributed by atoms with van der Waals surface area (Å²) in [7, 11) is -0.870. The Morgan fingerprint density at radius 2 is 1.76 bits per heavy atom. The average molecular weight is 493 g/mol. The van der Waals surface area contributed by atoms with Gasteiger partial charge in [0.25, 0.3) is 0 Å². The van der Waals surface area contributed by atoms with E-state index in [4.69, 9.17) is 16.3 Å². The van der Waals surface area contributed by atoms with Gasteiger partial charge >= 0.3 is 0 Å². The SMILES string of the molecule is CC(O)N(c1nc(N2CCS(=O)CC2)c2ncnc(OCc3ccc(Cl)cc3)c2n1)C(C)O. The fourth-order valence-corrected chi connectivity index (χ4v) is 4.75. The predicted molar refractivity (Wildman–Crippen MR) is 127 cm³/mol. The molecule has 12 heteroatoms. The minimum atomic E-state index is -1.05. The summed E-state index contributed by atoms with van der Waals surface area (Å²) in [6.45, 7) is 4.34. The van der Waals surface area contributed by atoms with Crippen molar-refractivity contribution in [2.75, 3.05) is 34.4 Å². The molecule has 4 rings (SSSR count). The Balaban J connectivity index is 1.78.